The van der Waals surface area contributed by atoms with Crippen LogP contribution in [-0.2, 0) is 35.6 Å². The van der Waals surface area contributed by atoms with Crippen molar-refractivity contribution < 1.29 is 43.2 Å². The summed E-state index contributed by atoms with van der Waals surface area (Å²) in [5.74, 6) is -0.585. The van der Waals surface area contributed by atoms with Crippen LogP contribution < -0.4 is 9.47 Å². The molecule has 1 aromatic carbocycles. The van der Waals surface area contributed by atoms with E-state index in [1.54, 1.807) is 32.9 Å². The van der Waals surface area contributed by atoms with E-state index in [-0.39, 0.29) is 24.0 Å². The molecule has 1 N–H and O–H groups in total. The van der Waals surface area contributed by atoms with E-state index in [4.69, 9.17) is 23.7 Å². The van der Waals surface area contributed by atoms with Crippen molar-refractivity contribution in [2.45, 2.75) is 88.7 Å². The minimum Gasteiger partial charge on any atom is -0.477 e. The Labute approximate surface area is 215 Å². The van der Waals surface area contributed by atoms with Gasteiger partial charge in [-0.3, -0.25) is 4.79 Å². The van der Waals surface area contributed by atoms with Gasteiger partial charge in [0.05, 0.1) is 11.0 Å². The van der Waals surface area contributed by atoms with Gasteiger partial charge in [0.1, 0.15) is 11.4 Å². The molecule has 5 rings (SSSR count). The van der Waals surface area contributed by atoms with Crippen molar-refractivity contribution in [1.82, 2.24) is 4.90 Å². The fourth-order valence-electron chi connectivity index (χ4n) is 6.36. The second-order valence-electron chi connectivity index (χ2n) is 11.3. The highest BCUT2D eigenvalue weighted by Crippen LogP contribution is 2.65. The molecular formula is C27H33NO9. The summed E-state index contributed by atoms with van der Waals surface area (Å²) >= 11 is 0. The van der Waals surface area contributed by atoms with Crippen LogP contribution in [0, 0.1) is 0 Å². The highest BCUT2D eigenvalue weighted by molar-refractivity contribution is 5.79. The third-order valence-electron chi connectivity index (χ3n) is 7.81. The van der Waals surface area contributed by atoms with E-state index in [0.717, 1.165) is 11.1 Å². The summed E-state index contributed by atoms with van der Waals surface area (Å²) in [6.07, 6.45) is 0.218. The first-order valence-electron chi connectivity index (χ1n) is 12.5. The standard InChI is InChI=1S/C27H33NO9/c1-14(33-15(2)29)23(30)34-18-9-10-27(32)19-13-16-7-8-17(35-24(31)37-25(3,4)5)21-20(16)26(27,22(18)36-21)11-12-28(19)6/h7-9,14,19,22,32H,10-13H2,1-6H3/t14-,19?,22-,26-,27-/m0/s1. The number of likely N-dealkylation sites (N-methyl/N-ethyl adjacent to an activating group) is 1. The molecule has 2 aliphatic heterocycles. The van der Waals surface area contributed by atoms with Gasteiger partial charge in [0, 0.05) is 24.9 Å². The maximum absolute atomic E-state index is 12.8. The Morgan fingerprint density at radius 1 is 1.22 bits per heavy atom. The normalized spacial score (nSPS) is 30.3. The monoisotopic (exact) mass is 515 g/mol. The second-order valence-corrected chi connectivity index (χ2v) is 11.3. The number of benzene rings is 1. The van der Waals surface area contributed by atoms with Crippen molar-refractivity contribution in [2.24, 2.45) is 0 Å². The largest absolute Gasteiger partial charge is 0.514 e. The third-order valence-corrected chi connectivity index (χ3v) is 7.81. The Morgan fingerprint density at radius 2 is 1.95 bits per heavy atom. The van der Waals surface area contributed by atoms with E-state index in [0.29, 0.717) is 25.1 Å². The maximum Gasteiger partial charge on any atom is 0.514 e. The Balaban J connectivity index is 1.57. The lowest BCUT2D eigenvalue weighted by Crippen LogP contribution is -2.74. The molecule has 1 unspecified atom stereocenters. The lowest BCUT2D eigenvalue weighted by Gasteiger charge is -2.61. The summed E-state index contributed by atoms with van der Waals surface area (Å²) in [7, 11) is 1.99. The molecule has 2 bridgehead atoms. The number of likely N-dealkylation sites (tertiary alicyclic amines) is 1. The predicted octanol–water partition coefficient (Wildman–Crippen LogP) is 2.77. The quantitative estimate of drug-likeness (QED) is 0.364. The van der Waals surface area contributed by atoms with Crippen LogP contribution in [0.5, 0.6) is 11.5 Å². The van der Waals surface area contributed by atoms with Crippen LogP contribution in [0.15, 0.2) is 24.0 Å². The van der Waals surface area contributed by atoms with Crippen molar-refractivity contribution in [3.63, 3.8) is 0 Å². The lowest BCUT2D eigenvalue weighted by atomic mass is 9.50. The van der Waals surface area contributed by atoms with Crippen LogP contribution in [0.2, 0.25) is 0 Å². The molecule has 10 nitrogen and oxygen atoms in total. The number of ether oxygens (including phenoxy) is 5. The van der Waals surface area contributed by atoms with Gasteiger partial charge in [-0.15, -0.1) is 0 Å². The molecule has 1 spiro atoms. The number of hydrogen-bond acceptors (Lipinski definition) is 10. The number of nitrogens with zero attached hydrogens (tertiary/aromatic N) is 1. The van der Waals surface area contributed by atoms with Gasteiger partial charge in [0.25, 0.3) is 0 Å². The minimum absolute atomic E-state index is 0.176. The molecule has 4 aliphatic rings. The summed E-state index contributed by atoms with van der Waals surface area (Å²) in [6, 6.07) is 3.38. The molecule has 2 heterocycles. The van der Waals surface area contributed by atoms with Crippen molar-refractivity contribution in [1.29, 1.82) is 0 Å². The Kier molecular flexibility index (Phi) is 5.84. The highest BCUT2D eigenvalue weighted by Gasteiger charge is 2.72. The van der Waals surface area contributed by atoms with E-state index >= 15 is 0 Å². The van der Waals surface area contributed by atoms with Gasteiger partial charge in [0.2, 0.25) is 0 Å². The van der Waals surface area contributed by atoms with Gasteiger partial charge in [-0.25, -0.2) is 9.59 Å². The summed E-state index contributed by atoms with van der Waals surface area (Å²) in [5, 5.41) is 12.3. The van der Waals surface area contributed by atoms with Gasteiger partial charge < -0.3 is 33.7 Å². The molecule has 5 atom stereocenters. The molecule has 200 valence electrons. The predicted molar refractivity (Wildman–Crippen MR) is 129 cm³/mol. The zero-order chi connectivity index (χ0) is 26.9. The molecule has 37 heavy (non-hydrogen) atoms. The van der Waals surface area contributed by atoms with Crippen LogP contribution >= 0.6 is 0 Å². The van der Waals surface area contributed by atoms with Crippen LogP contribution in [0.1, 0.15) is 58.6 Å². The molecule has 1 fully saturated rings. The Hall–Kier alpha value is -3.11. The van der Waals surface area contributed by atoms with Gasteiger partial charge in [0.15, 0.2) is 23.7 Å². The van der Waals surface area contributed by atoms with E-state index in [1.807, 2.05) is 13.1 Å². The number of esters is 2. The maximum atomic E-state index is 12.8. The first-order chi connectivity index (χ1) is 17.3. The molecule has 1 aromatic rings. The van der Waals surface area contributed by atoms with Gasteiger partial charge in [-0.05, 0) is 71.8 Å². The number of carbonyl (C=O) groups is 3. The van der Waals surface area contributed by atoms with Crippen molar-refractivity contribution in [3.05, 3.63) is 35.1 Å². The van der Waals surface area contributed by atoms with Gasteiger partial charge in [-0.1, -0.05) is 6.07 Å². The summed E-state index contributed by atoms with van der Waals surface area (Å²) in [4.78, 5) is 38.8. The first kappa shape index (κ1) is 25.5. The highest BCUT2D eigenvalue weighted by atomic mass is 16.7. The topological polar surface area (TPSA) is 121 Å². The lowest BCUT2D eigenvalue weighted by molar-refractivity contribution is -0.175. The molecule has 10 heteroatoms. The molecule has 0 aromatic heterocycles. The van der Waals surface area contributed by atoms with E-state index in [9.17, 15) is 19.5 Å². The second kappa shape index (κ2) is 8.46. The van der Waals surface area contributed by atoms with E-state index < -0.39 is 46.9 Å². The van der Waals surface area contributed by atoms with Crippen LogP contribution in [0.25, 0.3) is 0 Å². The molecule has 0 amide bonds. The van der Waals surface area contributed by atoms with Crippen molar-refractivity contribution in [3.8, 4) is 11.5 Å². The third kappa shape index (κ3) is 3.88. The van der Waals surface area contributed by atoms with Crippen molar-refractivity contribution in [2.75, 3.05) is 13.6 Å². The molecule has 2 aliphatic carbocycles. The number of piperidine rings is 1. The van der Waals surface area contributed by atoms with Crippen molar-refractivity contribution >= 4 is 18.1 Å². The van der Waals surface area contributed by atoms with Gasteiger partial charge >= 0.3 is 18.1 Å². The minimum atomic E-state index is -1.20. The Morgan fingerprint density at radius 3 is 2.62 bits per heavy atom. The zero-order valence-electron chi connectivity index (χ0n) is 22.0. The molecule has 0 radical (unpaired) electrons. The zero-order valence-corrected chi connectivity index (χ0v) is 22.0. The van der Waals surface area contributed by atoms with Crippen LogP contribution in [0.3, 0.4) is 0 Å². The van der Waals surface area contributed by atoms with Gasteiger partial charge in [-0.2, -0.15) is 0 Å². The van der Waals surface area contributed by atoms with E-state index in [1.165, 1.54) is 13.8 Å². The number of hydrogen-bond donors (Lipinski definition) is 1. The molecule has 1 saturated heterocycles. The number of carbonyl (C=O) groups excluding carboxylic acids is 3. The van der Waals surface area contributed by atoms with Crippen LogP contribution in [0.4, 0.5) is 4.79 Å². The average molecular weight is 516 g/mol. The number of aliphatic hydroxyl groups is 1. The fourth-order valence-corrected chi connectivity index (χ4v) is 6.36. The summed E-state index contributed by atoms with van der Waals surface area (Å²) in [6.45, 7) is 8.56. The summed E-state index contributed by atoms with van der Waals surface area (Å²) < 4.78 is 28.1. The average Bonchev–Trinajstić information content (AvgIpc) is 3.13. The SMILES string of the molecule is CC(=O)O[C@@H](C)C(=O)OC1=CC[C@]2(O)C3Cc4ccc(OC(=O)OC(C)(C)C)c5c4[C@@]2(CCN3C)[C@H]1O5. The van der Waals surface area contributed by atoms with E-state index in [2.05, 4.69) is 4.90 Å². The Bertz CT molecular complexity index is 1200. The number of rotatable bonds is 4. The fraction of sp³-hybridized carbons (Fsp3) is 0.593. The first-order valence-corrected chi connectivity index (χ1v) is 12.5. The summed E-state index contributed by atoms with van der Waals surface area (Å²) in [5.41, 5.74) is -1.11. The molecular weight excluding hydrogens is 482 g/mol. The van der Waals surface area contributed by atoms with Crippen LogP contribution in [-0.4, -0.2) is 71.1 Å². The smallest absolute Gasteiger partial charge is 0.477 e. The molecule has 0 saturated carbocycles.